The molecule has 57 heavy (non-hydrogen) atoms. The molecule has 0 saturated carbocycles. The average Bonchev–Trinajstić information content (AvgIpc) is 3.69. The smallest absolute Gasteiger partial charge is 0.164 e. The van der Waals surface area contributed by atoms with Crippen LogP contribution >= 0.6 is 11.3 Å². The Hall–Kier alpha value is -7.27. The van der Waals surface area contributed by atoms with Crippen molar-refractivity contribution in [2.24, 2.45) is 0 Å². The van der Waals surface area contributed by atoms with E-state index < -0.39 is 0 Å². The van der Waals surface area contributed by atoms with Crippen molar-refractivity contribution in [2.75, 3.05) is 0 Å². The quantitative estimate of drug-likeness (QED) is 0.159. The summed E-state index contributed by atoms with van der Waals surface area (Å²) in [5.74, 6) is 1.95. The predicted octanol–water partition coefficient (Wildman–Crippen LogP) is 14.5. The average molecular weight is 744 g/mol. The summed E-state index contributed by atoms with van der Waals surface area (Å²) in [5, 5.41) is 7.94. The van der Waals surface area contributed by atoms with Crippen LogP contribution in [0.15, 0.2) is 200 Å². The van der Waals surface area contributed by atoms with Crippen molar-refractivity contribution in [3.8, 4) is 67.5 Å². The van der Waals surface area contributed by atoms with Gasteiger partial charge in [0.2, 0.25) is 0 Å². The Kier molecular flexibility index (Phi) is 8.01. The molecule has 9 aromatic carbocycles. The van der Waals surface area contributed by atoms with Gasteiger partial charge in [-0.25, -0.2) is 15.0 Å². The molecule has 0 saturated heterocycles. The molecule has 0 aliphatic carbocycles. The van der Waals surface area contributed by atoms with E-state index in [1.807, 2.05) is 72.0 Å². The molecule has 3 nitrogen and oxygen atoms in total. The number of aromatic nitrogens is 3. The van der Waals surface area contributed by atoms with Gasteiger partial charge in [0.05, 0.1) is 0 Å². The Labute approximate surface area is 334 Å². The van der Waals surface area contributed by atoms with Gasteiger partial charge in [-0.2, -0.15) is 0 Å². The molecule has 0 radical (unpaired) electrons. The van der Waals surface area contributed by atoms with Crippen LogP contribution in [0.2, 0.25) is 0 Å². The number of hydrogen-bond donors (Lipinski definition) is 0. The minimum absolute atomic E-state index is 0.644. The third kappa shape index (κ3) is 5.95. The van der Waals surface area contributed by atoms with Crippen LogP contribution in [0.4, 0.5) is 0 Å². The number of rotatable bonds is 6. The molecule has 266 valence electrons. The van der Waals surface area contributed by atoms with Gasteiger partial charge in [-0.05, 0) is 73.8 Å². The van der Waals surface area contributed by atoms with Crippen LogP contribution in [0.25, 0.3) is 109 Å². The van der Waals surface area contributed by atoms with E-state index in [-0.39, 0.29) is 0 Å². The highest BCUT2D eigenvalue weighted by molar-refractivity contribution is 7.27. The molecule has 0 atom stereocenters. The van der Waals surface area contributed by atoms with Gasteiger partial charge < -0.3 is 0 Å². The van der Waals surface area contributed by atoms with Crippen LogP contribution in [0.5, 0.6) is 0 Å². The van der Waals surface area contributed by atoms with Gasteiger partial charge in [0, 0.05) is 42.2 Å². The van der Waals surface area contributed by atoms with E-state index in [0.29, 0.717) is 17.5 Å². The molecule has 0 amide bonds. The van der Waals surface area contributed by atoms with E-state index in [9.17, 15) is 0 Å². The summed E-state index contributed by atoms with van der Waals surface area (Å²) in [5.41, 5.74) is 9.84. The van der Waals surface area contributed by atoms with Crippen LogP contribution in [-0.2, 0) is 0 Å². The second-order valence-corrected chi connectivity index (χ2v) is 15.4. The van der Waals surface area contributed by atoms with Gasteiger partial charge in [-0.15, -0.1) is 11.3 Å². The predicted molar refractivity (Wildman–Crippen MR) is 240 cm³/mol. The molecule has 0 aliphatic rings. The molecular formula is C53H33N3S. The molecule has 0 bridgehead atoms. The Bertz CT molecular complexity index is 3240. The first-order valence-corrected chi connectivity index (χ1v) is 20.0. The molecule has 0 unspecified atom stereocenters. The van der Waals surface area contributed by atoms with Gasteiger partial charge in [0.1, 0.15) is 0 Å². The molecule has 0 N–H and O–H groups in total. The van der Waals surface area contributed by atoms with Crippen molar-refractivity contribution in [1.29, 1.82) is 0 Å². The second kappa shape index (κ2) is 13.8. The summed E-state index contributed by atoms with van der Waals surface area (Å²) >= 11 is 1.90. The first-order chi connectivity index (χ1) is 28.2. The summed E-state index contributed by atoms with van der Waals surface area (Å²) in [7, 11) is 0. The van der Waals surface area contributed by atoms with E-state index >= 15 is 0 Å². The third-order valence-electron chi connectivity index (χ3n) is 10.9. The number of hydrogen-bond acceptors (Lipinski definition) is 4. The fourth-order valence-electron chi connectivity index (χ4n) is 8.12. The molecule has 0 aliphatic heterocycles. The van der Waals surface area contributed by atoms with Gasteiger partial charge in [0.25, 0.3) is 0 Å². The third-order valence-corrected chi connectivity index (χ3v) is 12.1. The van der Waals surface area contributed by atoms with Crippen molar-refractivity contribution >= 4 is 53.1 Å². The Balaban J connectivity index is 0.953. The topological polar surface area (TPSA) is 38.7 Å². The lowest BCUT2D eigenvalue weighted by molar-refractivity contribution is 1.07. The van der Waals surface area contributed by atoms with Crippen molar-refractivity contribution in [3.63, 3.8) is 0 Å². The minimum atomic E-state index is 0.644. The first-order valence-electron chi connectivity index (χ1n) is 19.2. The molecule has 0 fully saturated rings. The zero-order valence-electron chi connectivity index (χ0n) is 30.8. The van der Waals surface area contributed by atoms with E-state index in [1.165, 1.54) is 64.0 Å². The van der Waals surface area contributed by atoms with Crippen molar-refractivity contribution in [3.05, 3.63) is 200 Å². The molecule has 0 spiro atoms. The lowest BCUT2D eigenvalue weighted by atomic mass is 9.94. The maximum absolute atomic E-state index is 4.97. The summed E-state index contributed by atoms with van der Waals surface area (Å²) in [6.07, 6.45) is 0. The highest BCUT2D eigenvalue weighted by Gasteiger charge is 2.16. The molecule has 2 aromatic heterocycles. The standard InChI is InChI=1S/C53H33N3S/c1-3-14-34(15-4-1)51-54-52(35-16-5-2-6-17-35)56-53(55-51)42-23-13-22-40(32-42)38-20-11-18-36(30-38)37-19-12-21-39(31-37)41-28-29-47-48(33-41)57-50-46-27-10-8-25-44(46)43-24-7-9-26-45(43)49(47)50/h1-33H. The monoisotopic (exact) mass is 743 g/mol. The maximum Gasteiger partial charge on any atom is 0.164 e. The van der Waals surface area contributed by atoms with Crippen molar-refractivity contribution in [2.45, 2.75) is 0 Å². The molecular weight excluding hydrogens is 711 g/mol. The minimum Gasteiger partial charge on any atom is -0.208 e. The molecule has 4 heteroatoms. The van der Waals surface area contributed by atoms with Gasteiger partial charge >= 0.3 is 0 Å². The highest BCUT2D eigenvalue weighted by atomic mass is 32.1. The largest absolute Gasteiger partial charge is 0.208 e. The van der Waals surface area contributed by atoms with Gasteiger partial charge in [0.15, 0.2) is 17.5 Å². The SMILES string of the molecule is c1ccc(-c2nc(-c3ccccc3)nc(-c3cccc(-c4cccc(-c5cccc(-c6ccc7c(c6)sc6c8ccccc8c8ccccc8c76)c5)c4)c3)n2)cc1. The number of nitrogens with zero attached hydrogens (tertiary/aromatic N) is 3. The second-order valence-electron chi connectivity index (χ2n) is 14.4. The van der Waals surface area contributed by atoms with Crippen LogP contribution in [0.1, 0.15) is 0 Å². The molecule has 11 aromatic rings. The summed E-state index contributed by atoms with van der Waals surface area (Å²) in [6, 6.07) is 71.0. The maximum atomic E-state index is 4.97. The number of fused-ring (bicyclic) bond motifs is 8. The van der Waals surface area contributed by atoms with E-state index in [1.54, 1.807) is 0 Å². The first kappa shape index (κ1) is 33.1. The summed E-state index contributed by atoms with van der Waals surface area (Å²) < 4.78 is 2.66. The Morgan fingerprint density at radius 2 is 0.649 bits per heavy atom. The van der Waals surface area contributed by atoms with Crippen molar-refractivity contribution in [1.82, 2.24) is 15.0 Å². The van der Waals surface area contributed by atoms with Gasteiger partial charge in [-0.3, -0.25) is 0 Å². The van der Waals surface area contributed by atoms with Crippen LogP contribution in [0.3, 0.4) is 0 Å². The fraction of sp³-hybridized carbons (Fsp3) is 0. The zero-order valence-corrected chi connectivity index (χ0v) is 31.6. The van der Waals surface area contributed by atoms with Crippen LogP contribution in [0, 0.1) is 0 Å². The lowest BCUT2D eigenvalue weighted by Crippen LogP contribution is -2.00. The van der Waals surface area contributed by atoms with E-state index in [0.717, 1.165) is 27.8 Å². The van der Waals surface area contributed by atoms with Crippen molar-refractivity contribution < 1.29 is 0 Å². The molecule has 2 heterocycles. The Morgan fingerprint density at radius 1 is 0.263 bits per heavy atom. The summed E-state index contributed by atoms with van der Waals surface area (Å²) in [6.45, 7) is 0. The lowest BCUT2D eigenvalue weighted by Gasteiger charge is -2.11. The Morgan fingerprint density at radius 3 is 1.19 bits per heavy atom. The molecule has 11 rings (SSSR count). The zero-order chi connectivity index (χ0) is 37.7. The number of benzene rings is 9. The van der Waals surface area contributed by atoms with Gasteiger partial charge in [-0.1, -0.05) is 176 Å². The summed E-state index contributed by atoms with van der Waals surface area (Å²) in [4.78, 5) is 14.8. The normalized spacial score (nSPS) is 11.5. The fourth-order valence-corrected chi connectivity index (χ4v) is 9.41. The van der Waals surface area contributed by atoms with E-state index in [2.05, 4.69) is 140 Å². The van der Waals surface area contributed by atoms with Crippen LogP contribution < -0.4 is 0 Å². The van der Waals surface area contributed by atoms with Crippen LogP contribution in [-0.4, -0.2) is 15.0 Å². The number of thiophene rings is 1. The highest BCUT2D eigenvalue weighted by Crippen LogP contribution is 2.45. The van der Waals surface area contributed by atoms with E-state index in [4.69, 9.17) is 15.0 Å².